The predicted molar refractivity (Wildman–Crippen MR) is 125 cm³/mol. The largest absolute Gasteiger partial charge is 0.382 e. The molecular formula is C23H35N7O3. The van der Waals surface area contributed by atoms with Crippen LogP contribution in [0.3, 0.4) is 0 Å². The third-order valence-electron chi connectivity index (χ3n) is 6.59. The highest BCUT2D eigenvalue weighted by molar-refractivity contribution is 5.94. The molecule has 0 aliphatic carbocycles. The van der Waals surface area contributed by atoms with Crippen molar-refractivity contribution in [2.24, 2.45) is 0 Å². The van der Waals surface area contributed by atoms with Crippen molar-refractivity contribution in [2.45, 2.75) is 38.3 Å². The van der Waals surface area contributed by atoms with Gasteiger partial charge in [0.05, 0.1) is 31.9 Å². The molecule has 1 aromatic heterocycles. The van der Waals surface area contributed by atoms with Crippen LogP contribution in [0, 0.1) is 0 Å². The van der Waals surface area contributed by atoms with Crippen molar-refractivity contribution < 1.29 is 14.3 Å². The van der Waals surface area contributed by atoms with Crippen LogP contribution in [-0.4, -0.2) is 96.2 Å². The Balaban J connectivity index is 1.38. The molecule has 4 rings (SSSR count). The number of piperidine rings is 1. The van der Waals surface area contributed by atoms with Gasteiger partial charge in [-0.1, -0.05) is 30.2 Å². The van der Waals surface area contributed by atoms with Gasteiger partial charge in [-0.2, -0.15) is 4.80 Å². The molecule has 2 saturated heterocycles. The van der Waals surface area contributed by atoms with Crippen LogP contribution in [0.4, 0.5) is 11.6 Å². The van der Waals surface area contributed by atoms with E-state index in [1.54, 1.807) is 11.9 Å². The highest BCUT2D eigenvalue weighted by Gasteiger charge is 2.42. The first kappa shape index (κ1) is 23.6. The molecule has 1 amide bonds. The number of para-hydroxylation sites is 1. The molecule has 33 heavy (non-hydrogen) atoms. The smallest absolute Gasteiger partial charge is 0.266 e. The Bertz CT molecular complexity index is 877. The average Bonchev–Trinajstić information content (AvgIpc) is 3.34. The Morgan fingerprint density at radius 3 is 2.52 bits per heavy atom. The maximum Gasteiger partial charge on any atom is 0.266 e. The van der Waals surface area contributed by atoms with Gasteiger partial charge in [0.1, 0.15) is 0 Å². The number of anilines is 2. The molecule has 0 atom stereocenters. The third-order valence-corrected chi connectivity index (χ3v) is 6.59. The summed E-state index contributed by atoms with van der Waals surface area (Å²) in [5, 5.41) is 13.0. The summed E-state index contributed by atoms with van der Waals surface area (Å²) < 4.78 is 11.0. The first-order valence-corrected chi connectivity index (χ1v) is 11.8. The summed E-state index contributed by atoms with van der Waals surface area (Å²) in [6.07, 6.45) is 2.17. The second-order valence-corrected chi connectivity index (χ2v) is 8.70. The van der Waals surface area contributed by atoms with E-state index in [4.69, 9.17) is 9.47 Å². The van der Waals surface area contributed by atoms with Crippen LogP contribution in [0.25, 0.3) is 0 Å². The molecule has 2 fully saturated rings. The zero-order valence-corrected chi connectivity index (χ0v) is 19.7. The van der Waals surface area contributed by atoms with E-state index in [-0.39, 0.29) is 11.4 Å². The van der Waals surface area contributed by atoms with Gasteiger partial charge in [-0.05, 0) is 30.2 Å². The number of hydrogen-bond donors (Lipinski definition) is 0. The van der Waals surface area contributed by atoms with Crippen molar-refractivity contribution in [3.8, 4) is 0 Å². The number of likely N-dealkylation sites (tertiary alicyclic amines) is 1. The summed E-state index contributed by atoms with van der Waals surface area (Å²) >= 11 is 0. The number of tetrazole rings is 1. The Kier molecular flexibility index (Phi) is 7.89. The minimum atomic E-state index is -0.339. The zero-order valence-electron chi connectivity index (χ0n) is 19.7. The lowest BCUT2D eigenvalue weighted by atomic mass is 9.85. The van der Waals surface area contributed by atoms with Gasteiger partial charge in [-0.25, -0.2) is 0 Å². The molecule has 10 nitrogen and oxygen atoms in total. The van der Waals surface area contributed by atoms with E-state index in [9.17, 15) is 4.79 Å². The average molecular weight is 458 g/mol. The molecule has 0 unspecified atom stereocenters. The summed E-state index contributed by atoms with van der Waals surface area (Å²) in [6, 6.07) is 9.97. The minimum Gasteiger partial charge on any atom is -0.382 e. The predicted octanol–water partition coefficient (Wildman–Crippen LogP) is 1.43. The number of amides is 1. The van der Waals surface area contributed by atoms with E-state index in [1.807, 2.05) is 42.2 Å². The van der Waals surface area contributed by atoms with Crippen LogP contribution in [0.2, 0.25) is 0 Å². The lowest BCUT2D eigenvalue weighted by molar-refractivity contribution is -0.120. The minimum absolute atomic E-state index is 0.133. The van der Waals surface area contributed by atoms with E-state index >= 15 is 0 Å². The molecular weight excluding hydrogens is 422 g/mol. The van der Waals surface area contributed by atoms with Gasteiger partial charge in [0.15, 0.2) is 0 Å². The van der Waals surface area contributed by atoms with Crippen LogP contribution in [0.5, 0.6) is 0 Å². The van der Waals surface area contributed by atoms with Gasteiger partial charge in [-0.3, -0.25) is 4.79 Å². The number of rotatable bonds is 9. The Labute approximate surface area is 195 Å². The number of hydrogen-bond acceptors (Lipinski definition) is 8. The van der Waals surface area contributed by atoms with E-state index in [2.05, 4.69) is 25.2 Å². The molecule has 2 aliphatic heterocycles. The van der Waals surface area contributed by atoms with Crippen LogP contribution in [0.1, 0.15) is 26.2 Å². The second-order valence-electron chi connectivity index (χ2n) is 8.70. The summed E-state index contributed by atoms with van der Waals surface area (Å²) in [6.45, 7) is 8.74. The summed E-state index contributed by atoms with van der Waals surface area (Å²) in [5.74, 6) is 0.807. The van der Waals surface area contributed by atoms with Gasteiger partial charge in [-0.15, -0.1) is 5.10 Å². The summed E-state index contributed by atoms with van der Waals surface area (Å²) in [5.41, 5.74) is 0.603. The summed E-state index contributed by atoms with van der Waals surface area (Å²) in [7, 11) is 1.72. The molecule has 0 bridgehead atoms. The zero-order chi connectivity index (χ0) is 23.1. The van der Waals surface area contributed by atoms with Crippen LogP contribution >= 0.6 is 0 Å². The summed E-state index contributed by atoms with van der Waals surface area (Å²) in [4.78, 5) is 21.2. The number of nitrogens with zero attached hydrogens (tertiary/aromatic N) is 7. The highest BCUT2D eigenvalue weighted by atomic mass is 16.5. The lowest BCUT2D eigenvalue weighted by Crippen LogP contribution is -2.60. The fourth-order valence-electron chi connectivity index (χ4n) is 4.76. The fourth-order valence-corrected chi connectivity index (χ4v) is 4.76. The standard InChI is InChI=1S/C23H35N7O3/c1-3-21(31)30(20-7-5-4-6-8-20)23(19-32-2)9-11-27(12-10-23)13-14-29-25-22(24-26-29)28-15-17-33-18-16-28/h4-8H,3,9-19H2,1-2H3. The van der Waals surface area contributed by atoms with Crippen molar-refractivity contribution in [3.05, 3.63) is 30.3 Å². The van der Waals surface area contributed by atoms with Crippen LogP contribution < -0.4 is 9.80 Å². The number of benzene rings is 1. The van der Waals surface area contributed by atoms with Crippen molar-refractivity contribution >= 4 is 17.5 Å². The first-order valence-electron chi connectivity index (χ1n) is 11.8. The molecule has 3 heterocycles. The maximum atomic E-state index is 13.0. The number of aromatic nitrogens is 4. The van der Waals surface area contributed by atoms with E-state index in [1.165, 1.54) is 0 Å². The molecule has 180 valence electrons. The van der Waals surface area contributed by atoms with Crippen LogP contribution in [-0.2, 0) is 20.8 Å². The second kappa shape index (κ2) is 11.0. The Morgan fingerprint density at radius 2 is 1.85 bits per heavy atom. The number of methoxy groups -OCH3 is 1. The Hall–Kier alpha value is -2.56. The monoisotopic (exact) mass is 457 g/mol. The molecule has 2 aromatic rings. The Morgan fingerprint density at radius 1 is 1.12 bits per heavy atom. The van der Waals surface area contributed by atoms with Crippen molar-refractivity contribution in [1.82, 2.24) is 25.1 Å². The molecule has 0 saturated carbocycles. The fraction of sp³-hybridized carbons (Fsp3) is 0.652. The molecule has 0 radical (unpaired) electrons. The van der Waals surface area contributed by atoms with Gasteiger partial charge in [0.2, 0.25) is 5.91 Å². The first-order chi connectivity index (χ1) is 16.1. The van der Waals surface area contributed by atoms with Gasteiger partial charge in [0, 0.05) is 51.9 Å². The number of ether oxygens (including phenoxy) is 2. The maximum absolute atomic E-state index is 13.0. The SMILES string of the molecule is CCC(=O)N(c1ccccc1)C1(COC)CCN(CCn2nnc(N3CCOCC3)n2)CC1. The van der Waals surface area contributed by atoms with Crippen molar-refractivity contribution in [3.63, 3.8) is 0 Å². The van der Waals surface area contributed by atoms with Crippen molar-refractivity contribution in [2.75, 3.05) is 69.5 Å². The van der Waals surface area contributed by atoms with Gasteiger partial charge in [0.25, 0.3) is 5.95 Å². The highest BCUT2D eigenvalue weighted by Crippen LogP contribution is 2.34. The number of morpholine rings is 1. The third kappa shape index (κ3) is 5.51. The molecule has 2 aliphatic rings. The molecule has 1 aromatic carbocycles. The number of carbonyl (C=O) groups excluding carboxylic acids is 1. The van der Waals surface area contributed by atoms with Crippen molar-refractivity contribution in [1.29, 1.82) is 0 Å². The normalized spacial score (nSPS) is 18.9. The van der Waals surface area contributed by atoms with Gasteiger partial charge < -0.3 is 24.2 Å². The quantitative estimate of drug-likeness (QED) is 0.559. The lowest BCUT2D eigenvalue weighted by Gasteiger charge is -2.48. The number of carbonyl (C=O) groups is 1. The van der Waals surface area contributed by atoms with E-state index < -0.39 is 0 Å². The molecule has 10 heteroatoms. The molecule has 0 spiro atoms. The molecule has 0 N–H and O–H groups in total. The van der Waals surface area contributed by atoms with E-state index in [0.29, 0.717) is 38.7 Å². The van der Waals surface area contributed by atoms with E-state index in [0.717, 1.165) is 51.3 Å². The topological polar surface area (TPSA) is 88.9 Å². The van der Waals surface area contributed by atoms with Gasteiger partial charge >= 0.3 is 0 Å². The van der Waals surface area contributed by atoms with Crippen LogP contribution in [0.15, 0.2) is 30.3 Å².